The molecule has 0 bridgehead atoms. The van der Waals surface area contributed by atoms with Gasteiger partial charge >= 0.3 is 6.09 Å². The summed E-state index contributed by atoms with van der Waals surface area (Å²) in [5, 5.41) is 25.7. The number of carbonyl (C=O) groups is 1. The molecule has 39 heavy (non-hydrogen) atoms. The van der Waals surface area contributed by atoms with Gasteiger partial charge in [0.15, 0.2) is 5.43 Å². The number of hydrogen-bond donors (Lipinski definition) is 3. The first-order valence-electron chi connectivity index (χ1n) is 13.4. The molecule has 2 aliphatic rings. The van der Waals surface area contributed by atoms with Crippen molar-refractivity contribution in [2.45, 2.75) is 31.8 Å². The molecule has 0 spiro atoms. The van der Waals surface area contributed by atoms with Gasteiger partial charge in [0.2, 0.25) is 0 Å². The number of rotatable bonds is 6. The Hall–Kier alpha value is -3.11. The van der Waals surface area contributed by atoms with Crippen LogP contribution in [0.25, 0.3) is 22.3 Å². The highest BCUT2D eigenvalue weighted by Crippen LogP contribution is 2.43. The summed E-state index contributed by atoms with van der Waals surface area (Å²) < 4.78 is 12.2. The fraction of sp³-hybridized carbons (Fsp3) is 0.448. The van der Waals surface area contributed by atoms with E-state index in [1.807, 2.05) is 18.9 Å². The zero-order valence-corrected chi connectivity index (χ0v) is 22.9. The van der Waals surface area contributed by atoms with Gasteiger partial charge < -0.3 is 34.5 Å². The standard InChI is InChI=1S/C29H34ClN3O6/c1-3-33(15-17-8-10-31-14-17)29(37)39-25-13-22(35)27-21(34)12-24(18-6-4-5-7-20(18)30)38-28(27)26(25)19-9-11-32(2)16-23(19)36/h4-7,12-13,17,19,23,31,35-36H,3,8-11,14-16H2,1-2H3/t17?,19-,23+/m0/s1. The molecule has 208 valence electrons. The Morgan fingerprint density at radius 2 is 2.08 bits per heavy atom. The molecule has 1 aromatic heterocycles. The Morgan fingerprint density at radius 3 is 2.77 bits per heavy atom. The number of hydrogen-bond acceptors (Lipinski definition) is 8. The number of piperidine rings is 1. The van der Waals surface area contributed by atoms with Crippen LogP contribution in [0.1, 0.15) is 31.2 Å². The van der Waals surface area contributed by atoms with E-state index in [9.17, 15) is 19.8 Å². The maximum Gasteiger partial charge on any atom is 0.415 e. The summed E-state index contributed by atoms with van der Waals surface area (Å²) in [6.07, 6.45) is 0.142. The van der Waals surface area contributed by atoms with E-state index < -0.39 is 23.5 Å². The highest BCUT2D eigenvalue weighted by Gasteiger charge is 2.35. The van der Waals surface area contributed by atoms with Crippen LogP contribution in [-0.4, -0.2) is 78.5 Å². The van der Waals surface area contributed by atoms with E-state index in [1.54, 1.807) is 29.2 Å². The Bertz CT molecular complexity index is 1420. The number of nitrogens with zero attached hydrogens (tertiary/aromatic N) is 2. The molecule has 10 heteroatoms. The molecule has 2 fully saturated rings. The number of β-amino-alcohol motifs (C(OH)–C–C–N with tert-alkyl or cyclic N) is 1. The summed E-state index contributed by atoms with van der Waals surface area (Å²) >= 11 is 6.41. The largest absolute Gasteiger partial charge is 0.507 e. The van der Waals surface area contributed by atoms with Gasteiger partial charge in [-0.2, -0.15) is 0 Å². The number of aromatic hydroxyl groups is 1. The molecule has 1 unspecified atom stereocenters. The first-order valence-corrected chi connectivity index (χ1v) is 13.8. The number of halogens is 1. The van der Waals surface area contributed by atoms with E-state index in [0.29, 0.717) is 54.7 Å². The van der Waals surface area contributed by atoms with Gasteiger partial charge in [-0.25, -0.2) is 4.79 Å². The molecule has 9 nitrogen and oxygen atoms in total. The molecule has 0 saturated carbocycles. The second-order valence-corrected chi connectivity index (χ2v) is 10.9. The number of aliphatic hydroxyl groups is 1. The van der Waals surface area contributed by atoms with Gasteiger partial charge in [0.05, 0.1) is 11.1 Å². The maximum absolute atomic E-state index is 13.4. The summed E-state index contributed by atoms with van der Waals surface area (Å²) in [7, 11) is 1.92. The second-order valence-electron chi connectivity index (χ2n) is 10.5. The summed E-state index contributed by atoms with van der Waals surface area (Å²) in [5.41, 5.74) is 0.518. The van der Waals surface area contributed by atoms with E-state index in [-0.39, 0.29) is 28.2 Å². The second kappa shape index (κ2) is 11.6. The Balaban J connectivity index is 1.64. The van der Waals surface area contributed by atoms with Gasteiger partial charge in [-0.1, -0.05) is 23.7 Å². The van der Waals surface area contributed by atoms with Crippen molar-refractivity contribution in [1.29, 1.82) is 0 Å². The first kappa shape index (κ1) is 27.5. The van der Waals surface area contributed by atoms with Crippen LogP contribution in [-0.2, 0) is 0 Å². The average Bonchev–Trinajstić information content (AvgIpc) is 3.41. The van der Waals surface area contributed by atoms with Gasteiger partial charge in [0.25, 0.3) is 0 Å². The first-order chi connectivity index (χ1) is 18.8. The fourth-order valence-electron chi connectivity index (χ4n) is 5.64. The number of fused-ring (bicyclic) bond motifs is 1. The highest BCUT2D eigenvalue weighted by molar-refractivity contribution is 6.33. The predicted octanol–water partition coefficient (Wildman–Crippen LogP) is 4.03. The molecule has 2 aliphatic heterocycles. The molecule has 5 rings (SSSR count). The quantitative estimate of drug-likeness (QED) is 0.417. The third kappa shape index (κ3) is 5.63. The summed E-state index contributed by atoms with van der Waals surface area (Å²) in [6, 6.07) is 9.56. The minimum absolute atomic E-state index is 0.0314. The number of amides is 1. The normalized spacial score (nSPS) is 21.8. The monoisotopic (exact) mass is 555 g/mol. The molecular formula is C29H34ClN3O6. The number of aliphatic hydroxyl groups excluding tert-OH is 1. The third-order valence-corrected chi connectivity index (χ3v) is 8.08. The molecule has 0 radical (unpaired) electrons. The van der Waals surface area contributed by atoms with Crippen LogP contribution in [0, 0.1) is 5.92 Å². The minimum Gasteiger partial charge on any atom is -0.507 e. The summed E-state index contributed by atoms with van der Waals surface area (Å²) in [4.78, 5) is 30.3. The van der Waals surface area contributed by atoms with Crippen LogP contribution in [0.3, 0.4) is 0 Å². The van der Waals surface area contributed by atoms with Crippen molar-refractivity contribution < 1.29 is 24.2 Å². The van der Waals surface area contributed by atoms with Crippen molar-refractivity contribution in [2.75, 3.05) is 46.3 Å². The topological polar surface area (TPSA) is 115 Å². The lowest BCUT2D eigenvalue weighted by Crippen LogP contribution is -2.41. The van der Waals surface area contributed by atoms with Crippen molar-refractivity contribution in [1.82, 2.24) is 15.1 Å². The number of ether oxygens (including phenoxy) is 1. The molecule has 0 aliphatic carbocycles. The van der Waals surface area contributed by atoms with E-state index >= 15 is 0 Å². The number of nitrogens with one attached hydrogen (secondary N) is 1. The zero-order chi connectivity index (χ0) is 27.7. The molecule has 3 aromatic rings. The smallest absolute Gasteiger partial charge is 0.415 e. The Kier molecular flexibility index (Phi) is 8.13. The van der Waals surface area contributed by atoms with E-state index in [4.69, 9.17) is 20.8 Å². The SMILES string of the molecule is CCN(CC1CCNC1)C(=O)Oc1cc(O)c2c(=O)cc(-c3ccccc3Cl)oc2c1[C@H]1CCN(C)C[C@H]1O. The number of phenolic OH excluding ortho intramolecular Hbond substituents is 1. The lowest BCUT2D eigenvalue weighted by atomic mass is 9.85. The van der Waals surface area contributed by atoms with Crippen molar-refractivity contribution >= 4 is 28.7 Å². The number of carbonyl (C=O) groups excluding carboxylic acids is 1. The van der Waals surface area contributed by atoms with Gasteiger partial charge in [-0.05, 0) is 64.5 Å². The number of phenols is 1. The number of likely N-dealkylation sites (tertiary alicyclic amines) is 1. The van der Waals surface area contributed by atoms with Crippen molar-refractivity contribution in [3.63, 3.8) is 0 Å². The Labute approximate surface area is 231 Å². The van der Waals surface area contributed by atoms with E-state index in [0.717, 1.165) is 19.5 Å². The molecule has 3 N–H and O–H groups in total. The van der Waals surface area contributed by atoms with Crippen LogP contribution in [0.2, 0.25) is 5.02 Å². The van der Waals surface area contributed by atoms with Crippen LogP contribution >= 0.6 is 11.6 Å². The molecule has 2 aromatic carbocycles. The van der Waals surface area contributed by atoms with E-state index in [1.165, 1.54) is 12.1 Å². The van der Waals surface area contributed by atoms with Crippen LogP contribution in [0.4, 0.5) is 4.79 Å². The lowest BCUT2D eigenvalue weighted by Gasteiger charge is -2.35. The lowest BCUT2D eigenvalue weighted by molar-refractivity contribution is 0.0627. The van der Waals surface area contributed by atoms with Crippen LogP contribution in [0.15, 0.2) is 45.6 Å². The number of benzene rings is 2. The van der Waals surface area contributed by atoms with Crippen molar-refractivity contribution in [2.24, 2.45) is 5.92 Å². The van der Waals surface area contributed by atoms with Gasteiger partial charge in [0, 0.05) is 48.8 Å². The maximum atomic E-state index is 13.4. The predicted molar refractivity (Wildman–Crippen MR) is 150 cm³/mol. The average molecular weight is 556 g/mol. The molecule has 1 amide bonds. The van der Waals surface area contributed by atoms with Crippen molar-refractivity contribution in [3.8, 4) is 22.8 Å². The van der Waals surface area contributed by atoms with Gasteiger partial charge in [-0.3, -0.25) is 4.79 Å². The summed E-state index contributed by atoms with van der Waals surface area (Å²) in [6.45, 7) is 5.71. The summed E-state index contributed by atoms with van der Waals surface area (Å²) in [5.74, 6) is -0.240. The van der Waals surface area contributed by atoms with Gasteiger partial charge in [0.1, 0.15) is 28.2 Å². The molecule has 3 heterocycles. The fourth-order valence-corrected chi connectivity index (χ4v) is 5.87. The van der Waals surface area contributed by atoms with Gasteiger partial charge in [-0.15, -0.1) is 0 Å². The highest BCUT2D eigenvalue weighted by atomic mass is 35.5. The number of likely N-dealkylation sites (N-methyl/N-ethyl adjacent to an activating group) is 1. The third-order valence-electron chi connectivity index (χ3n) is 7.75. The van der Waals surface area contributed by atoms with Crippen LogP contribution < -0.4 is 15.5 Å². The molecule has 2 saturated heterocycles. The zero-order valence-electron chi connectivity index (χ0n) is 22.2. The Morgan fingerprint density at radius 1 is 1.28 bits per heavy atom. The molecular weight excluding hydrogens is 522 g/mol. The minimum atomic E-state index is -0.810. The van der Waals surface area contributed by atoms with Crippen LogP contribution in [0.5, 0.6) is 11.5 Å². The van der Waals surface area contributed by atoms with Crippen molar-refractivity contribution in [3.05, 3.63) is 57.2 Å². The molecule has 3 atom stereocenters. The van der Waals surface area contributed by atoms with E-state index in [2.05, 4.69) is 5.32 Å².